The molecule has 1 heterocycles. The number of amides is 1. The van der Waals surface area contributed by atoms with Gasteiger partial charge in [-0.2, -0.15) is 0 Å². The monoisotopic (exact) mass is 440 g/mol. The van der Waals surface area contributed by atoms with Crippen molar-refractivity contribution in [2.24, 2.45) is 0 Å². The topological polar surface area (TPSA) is 85.4 Å². The maximum Gasteiger partial charge on any atom is 0.248 e. The second-order valence-electron chi connectivity index (χ2n) is 6.58. The van der Waals surface area contributed by atoms with E-state index in [4.69, 9.17) is 4.74 Å². The molecule has 1 N–H and O–H groups in total. The summed E-state index contributed by atoms with van der Waals surface area (Å²) < 4.78 is 45.0. The lowest BCUT2D eigenvalue weighted by atomic mass is 10.2. The lowest BCUT2D eigenvalue weighted by Gasteiger charge is -2.09. The highest BCUT2D eigenvalue weighted by Crippen LogP contribution is 2.26. The van der Waals surface area contributed by atoms with Crippen molar-refractivity contribution in [2.75, 3.05) is 11.9 Å². The van der Waals surface area contributed by atoms with Crippen LogP contribution < -0.4 is 10.1 Å². The molecule has 0 saturated heterocycles. The zero-order valence-electron chi connectivity index (χ0n) is 16.8. The molecule has 160 valence electrons. The summed E-state index contributed by atoms with van der Waals surface area (Å²) in [5, 5.41) is 2.65. The lowest BCUT2D eigenvalue weighted by Crippen LogP contribution is -2.08. The number of benzene rings is 2. The number of rotatable bonds is 8. The van der Waals surface area contributed by atoms with Crippen LogP contribution in [0.2, 0.25) is 0 Å². The number of carbonyl (C=O) groups excluding carboxylic acids is 1. The zero-order chi connectivity index (χ0) is 22.3. The summed E-state index contributed by atoms with van der Waals surface area (Å²) in [7, 11) is -3.92. The minimum absolute atomic E-state index is 0.0122. The van der Waals surface area contributed by atoms with Gasteiger partial charge < -0.3 is 10.1 Å². The number of carbonyl (C=O) groups is 1. The molecule has 0 fully saturated rings. The number of sulfone groups is 1. The number of anilines is 1. The number of aromatic nitrogens is 1. The maximum absolute atomic E-state index is 14.2. The van der Waals surface area contributed by atoms with Gasteiger partial charge in [0.05, 0.1) is 16.4 Å². The van der Waals surface area contributed by atoms with Crippen molar-refractivity contribution in [3.05, 3.63) is 84.4 Å². The first-order chi connectivity index (χ1) is 14.9. The van der Waals surface area contributed by atoms with Gasteiger partial charge in [-0.25, -0.2) is 12.8 Å². The van der Waals surface area contributed by atoms with Crippen LogP contribution in [0.25, 0.3) is 6.08 Å². The van der Waals surface area contributed by atoms with Crippen molar-refractivity contribution in [1.82, 2.24) is 4.98 Å². The lowest BCUT2D eigenvalue weighted by molar-refractivity contribution is -0.111. The molecule has 0 aliphatic rings. The first-order valence-electron chi connectivity index (χ1n) is 9.57. The third kappa shape index (κ3) is 5.76. The molecular weight excluding hydrogens is 419 g/mol. The van der Waals surface area contributed by atoms with E-state index in [1.54, 1.807) is 24.5 Å². The minimum atomic E-state index is -3.92. The van der Waals surface area contributed by atoms with Crippen molar-refractivity contribution in [3.8, 4) is 5.75 Å². The van der Waals surface area contributed by atoms with E-state index in [0.717, 1.165) is 11.6 Å². The van der Waals surface area contributed by atoms with Crippen LogP contribution in [-0.2, 0) is 14.6 Å². The van der Waals surface area contributed by atoms with Crippen LogP contribution in [0.3, 0.4) is 0 Å². The molecule has 31 heavy (non-hydrogen) atoms. The summed E-state index contributed by atoms with van der Waals surface area (Å²) in [6, 6.07) is 12.8. The number of hydrogen-bond acceptors (Lipinski definition) is 5. The SMILES string of the molecule is CCCOc1ccc(S(=O)(=O)c2ccc(NC(=O)/C=C/c3cccnc3)cc2)cc1F. The molecule has 0 unspecified atom stereocenters. The third-order valence-corrected chi connectivity index (χ3v) is 5.99. The normalized spacial score (nSPS) is 11.4. The van der Waals surface area contributed by atoms with Crippen molar-refractivity contribution in [2.45, 2.75) is 23.1 Å². The van der Waals surface area contributed by atoms with Crippen LogP contribution in [0.4, 0.5) is 10.1 Å². The van der Waals surface area contributed by atoms with Crippen LogP contribution in [-0.4, -0.2) is 25.9 Å². The van der Waals surface area contributed by atoms with E-state index in [2.05, 4.69) is 10.3 Å². The molecule has 6 nitrogen and oxygen atoms in total. The predicted octanol–water partition coefficient (Wildman–Crippen LogP) is 4.49. The third-order valence-electron chi connectivity index (χ3n) is 4.22. The van der Waals surface area contributed by atoms with Gasteiger partial charge in [-0.1, -0.05) is 13.0 Å². The van der Waals surface area contributed by atoms with Gasteiger partial charge in [0.15, 0.2) is 11.6 Å². The van der Waals surface area contributed by atoms with Crippen molar-refractivity contribution >= 4 is 27.5 Å². The first-order valence-corrected chi connectivity index (χ1v) is 11.0. The van der Waals surface area contributed by atoms with Gasteiger partial charge in [0.1, 0.15) is 0 Å². The van der Waals surface area contributed by atoms with E-state index in [1.807, 2.05) is 13.0 Å². The molecule has 0 saturated carbocycles. The van der Waals surface area contributed by atoms with Crippen molar-refractivity contribution in [1.29, 1.82) is 0 Å². The Morgan fingerprint density at radius 3 is 2.52 bits per heavy atom. The number of hydrogen-bond donors (Lipinski definition) is 1. The zero-order valence-corrected chi connectivity index (χ0v) is 17.6. The van der Waals surface area contributed by atoms with Crippen LogP contribution in [0.5, 0.6) is 5.75 Å². The highest BCUT2D eigenvalue weighted by Gasteiger charge is 2.20. The van der Waals surface area contributed by atoms with Crippen LogP contribution >= 0.6 is 0 Å². The van der Waals surface area contributed by atoms with Gasteiger partial charge in [0.25, 0.3) is 0 Å². The summed E-state index contributed by atoms with van der Waals surface area (Å²) in [6.45, 7) is 2.23. The fourth-order valence-corrected chi connectivity index (χ4v) is 3.93. The standard InChI is InChI=1S/C23H21FN2O4S/c1-2-14-30-22-11-10-20(15-21(22)24)31(28,29)19-8-6-18(7-9-19)26-23(27)12-5-17-4-3-13-25-16-17/h3-13,15-16H,2,14H2,1H3,(H,26,27)/b12-5+. The summed E-state index contributed by atoms with van der Waals surface area (Å²) in [5.41, 5.74) is 1.20. The summed E-state index contributed by atoms with van der Waals surface area (Å²) in [6.07, 6.45) is 6.93. The Balaban J connectivity index is 1.70. The Hall–Kier alpha value is -3.52. The second kappa shape index (κ2) is 9.99. The van der Waals surface area contributed by atoms with Crippen LogP contribution in [0.1, 0.15) is 18.9 Å². The number of nitrogens with one attached hydrogen (secondary N) is 1. The summed E-state index contributed by atoms with van der Waals surface area (Å²) in [4.78, 5) is 15.8. The average molecular weight is 440 g/mol. The molecule has 3 rings (SSSR count). The number of pyridine rings is 1. The number of ether oxygens (including phenoxy) is 1. The molecule has 0 radical (unpaired) electrons. The molecule has 0 aliphatic heterocycles. The fourth-order valence-electron chi connectivity index (χ4n) is 2.66. The molecule has 2 aromatic carbocycles. The van der Waals surface area contributed by atoms with Crippen molar-refractivity contribution < 1.29 is 22.3 Å². The van der Waals surface area contributed by atoms with Gasteiger partial charge >= 0.3 is 0 Å². The molecule has 0 bridgehead atoms. The number of halogens is 1. The quantitative estimate of drug-likeness (QED) is 0.522. The molecule has 1 amide bonds. The molecule has 0 atom stereocenters. The molecule has 8 heteroatoms. The Labute approximate surface area is 180 Å². The molecular formula is C23H21FN2O4S. The van der Waals surface area contributed by atoms with E-state index in [1.165, 1.54) is 42.5 Å². The molecule has 0 spiro atoms. The highest BCUT2D eigenvalue weighted by molar-refractivity contribution is 7.91. The summed E-state index contributed by atoms with van der Waals surface area (Å²) >= 11 is 0. The summed E-state index contributed by atoms with van der Waals surface area (Å²) in [5.74, 6) is -1.10. The predicted molar refractivity (Wildman–Crippen MR) is 116 cm³/mol. The second-order valence-corrected chi connectivity index (χ2v) is 8.53. The van der Waals surface area contributed by atoms with Gasteiger partial charge in [0, 0.05) is 24.2 Å². The van der Waals surface area contributed by atoms with E-state index >= 15 is 0 Å². The Bertz CT molecular complexity index is 1180. The fraction of sp³-hybridized carbons (Fsp3) is 0.130. The molecule has 1 aromatic heterocycles. The van der Waals surface area contributed by atoms with Gasteiger partial charge in [-0.15, -0.1) is 0 Å². The maximum atomic E-state index is 14.2. The van der Waals surface area contributed by atoms with Crippen LogP contribution in [0.15, 0.2) is 82.9 Å². The number of nitrogens with zero attached hydrogens (tertiary/aromatic N) is 1. The van der Waals surface area contributed by atoms with Crippen LogP contribution in [0, 0.1) is 5.82 Å². The van der Waals surface area contributed by atoms with Gasteiger partial charge in [0.2, 0.25) is 15.7 Å². The van der Waals surface area contributed by atoms with Gasteiger partial charge in [-0.3, -0.25) is 9.78 Å². The van der Waals surface area contributed by atoms with E-state index < -0.39 is 15.7 Å². The average Bonchev–Trinajstić information content (AvgIpc) is 2.78. The van der Waals surface area contributed by atoms with E-state index in [-0.39, 0.29) is 21.4 Å². The van der Waals surface area contributed by atoms with Crippen molar-refractivity contribution in [3.63, 3.8) is 0 Å². The molecule has 3 aromatic rings. The Morgan fingerprint density at radius 2 is 1.87 bits per heavy atom. The molecule has 0 aliphatic carbocycles. The van der Waals surface area contributed by atoms with Gasteiger partial charge in [-0.05, 0) is 66.6 Å². The Morgan fingerprint density at radius 1 is 1.13 bits per heavy atom. The highest BCUT2D eigenvalue weighted by atomic mass is 32.2. The minimum Gasteiger partial charge on any atom is -0.491 e. The van der Waals surface area contributed by atoms with E-state index in [9.17, 15) is 17.6 Å². The van der Waals surface area contributed by atoms with E-state index in [0.29, 0.717) is 18.7 Å². The largest absolute Gasteiger partial charge is 0.491 e. The Kier molecular flexibility index (Phi) is 7.15. The first kappa shape index (κ1) is 22.2. The smallest absolute Gasteiger partial charge is 0.248 e.